The number of hydrogen-bond donors (Lipinski definition) is 1. The molecule has 0 saturated carbocycles. The normalized spacial score (nSPS) is 16.3. The number of nitrogens with zero attached hydrogens (tertiary/aromatic N) is 2. The van der Waals surface area contributed by atoms with Crippen LogP contribution in [-0.4, -0.2) is 16.1 Å². The summed E-state index contributed by atoms with van der Waals surface area (Å²) in [6, 6.07) is 17.5. The zero-order chi connectivity index (χ0) is 19.3. The first-order valence-electron chi connectivity index (χ1n) is 9.68. The van der Waals surface area contributed by atoms with Crippen LogP contribution in [0.3, 0.4) is 0 Å². The highest BCUT2D eigenvalue weighted by atomic mass is 19.1. The first kappa shape index (κ1) is 17.1. The van der Waals surface area contributed by atoms with Gasteiger partial charge in [0.15, 0.2) is 0 Å². The fraction of sp³-hybridized carbons (Fsp3) is 0.208. The van der Waals surface area contributed by atoms with Crippen molar-refractivity contribution in [2.24, 2.45) is 0 Å². The van der Waals surface area contributed by atoms with E-state index >= 15 is 0 Å². The first-order valence-corrected chi connectivity index (χ1v) is 9.68. The van der Waals surface area contributed by atoms with Crippen LogP contribution < -0.4 is 5.32 Å². The predicted octanol–water partition coefficient (Wildman–Crippen LogP) is 5.02. The van der Waals surface area contributed by atoms with E-state index in [9.17, 15) is 4.39 Å². The summed E-state index contributed by atoms with van der Waals surface area (Å²) in [4.78, 5) is 4.71. The second-order valence-electron chi connectivity index (χ2n) is 7.58. The molecule has 1 aliphatic rings. The minimum absolute atomic E-state index is 0.182. The first-order chi connectivity index (χ1) is 13.6. The second-order valence-corrected chi connectivity index (χ2v) is 7.58. The Labute approximate surface area is 163 Å². The molecule has 3 heterocycles. The largest absolute Gasteiger partial charge is 0.305 e. The van der Waals surface area contributed by atoms with Gasteiger partial charge in [-0.05, 0) is 67.3 Å². The van der Waals surface area contributed by atoms with E-state index < -0.39 is 0 Å². The molecule has 3 nitrogen and oxygen atoms in total. The maximum atomic E-state index is 14.7. The lowest BCUT2D eigenvalue weighted by molar-refractivity contribution is 0.516. The molecule has 0 amide bonds. The van der Waals surface area contributed by atoms with Gasteiger partial charge in [0, 0.05) is 29.4 Å². The highest BCUT2D eigenvalue weighted by molar-refractivity contribution is 5.85. The van der Waals surface area contributed by atoms with Gasteiger partial charge in [-0.3, -0.25) is 4.57 Å². The van der Waals surface area contributed by atoms with Crippen LogP contribution in [0.1, 0.15) is 34.0 Å². The average Bonchev–Trinajstić information content (AvgIpc) is 3.02. The van der Waals surface area contributed by atoms with Gasteiger partial charge in [0.2, 0.25) is 0 Å². The van der Waals surface area contributed by atoms with E-state index in [4.69, 9.17) is 4.98 Å². The van der Waals surface area contributed by atoms with Crippen LogP contribution >= 0.6 is 0 Å². The zero-order valence-corrected chi connectivity index (χ0v) is 16.0. The molecule has 1 aliphatic heterocycles. The van der Waals surface area contributed by atoms with E-state index in [1.54, 1.807) is 6.07 Å². The Kier molecular flexibility index (Phi) is 4.02. The van der Waals surface area contributed by atoms with Gasteiger partial charge < -0.3 is 5.32 Å². The minimum Gasteiger partial charge on any atom is -0.305 e. The number of pyridine rings is 1. The number of benzene rings is 2. The standard InChI is InChI=1S/C24H22FN3/c1-15-12-16(2)14-17(13-15)28-23-18(19-7-5-10-27-24(19)28)9-11-26-22(23)20-6-3-4-8-21(20)25/h3-8,10,12-14,22,26H,9,11H2,1-2H3. The molecule has 5 rings (SSSR count). The summed E-state index contributed by atoms with van der Waals surface area (Å²) in [6.07, 6.45) is 2.73. The van der Waals surface area contributed by atoms with Crippen molar-refractivity contribution < 1.29 is 4.39 Å². The van der Waals surface area contributed by atoms with E-state index in [1.807, 2.05) is 24.4 Å². The summed E-state index contributed by atoms with van der Waals surface area (Å²) in [5, 5.41) is 4.70. The summed E-state index contributed by atoms with van der Waals surface area (Å²) in [5.74, 6) is -0.182. The van der Waals surface area contributed by atoms with E-state index in [2.05, 4.69) is 48.0 Å². The highest BCUT2D eigenvalue weighted by Gasteiger charge is 2.31. The molecule has 0 fully saturated rings. The Balaban J connectivity index is 1.86. The van der Waals surface area contributed by atoms with Crippen LogP contribution in [0.5, 0.6) is 0 Å². The maximum Gasteiger partial charge on any atom is 0.144 e. The van der Waals surface area contributed by atoms with Crippen LogP contribution in [0.15, 0.2) is 60.8 Å². The van der Waals surface area contributed by atoms with Gasteiger partial charge in [0.1, 0.15) is 11.5 Å². The van der Waals surface area contributed by atoms with Gasteiger partial charge in [-0.15, -0.1) is 0 Å². The molecule has 2 aromatic carbocycles. The number of halogens is 1. The summed E-state index contributed by atoms with van der Waals surface area (Å²) < 4.78 is 16.9. The van der Waals surface area contributed by atoms with Crippen molar-refractivity contribution >= 4 is 11.0 Å². The molecule has 4 heteroatoms. The lowest BCUT2D eigenvalue weighted by atomic mass is 9.94. The molecular weight excluding hydrogens is 349 g/mol. The van der Waals surface area contributed by atoms with E-state index in [0.717, 1.165) is 35.4 Å². The molecule has 0 spiro atoms. The Morgan fingerprint density at radius 2 is 1.82 bits per heavy atom. The molecule has 0 radical (unpaired) electrons. The van der Waals surface area contributed by atoms with Crippen LogP contribution in [0.4, 0.5) is 4.39 Å². The van der Waals surface area contributed by atoms with Crippen LogP contribution in [0.2, 0.25) is 0 Å². The van der Waals surface area contributed by atoms with Crippen molar-refractivity contribution in [3.63, 3.8) is 0 Å². The lowest BCUT2D eigenvalue weighted by Crippen LogP contribution is -2.32. The molecule has 0 saturated heterocycles. The third-order valence-electron chi connectivity index (χ3n) is 5.55. The van der Waals surface area contributed by atoms with Gasteiger partial charge in [0.05, 0.1) is 11.7 Å². The van der Waals surface area contributed by atoms with Crippen molar-refractivity contribution in [2.75, 3.05) is 6.54 Å². The molecule has 1 unspecified atom stereocenters. The number of hydrogen-bond acceptors (Lipinski definition) is 2. The van der Waals surface area contributed by atoms with Gasteiger partial charge in [-0.1, -0.05) is 24.3 Å². The molecular formula is C24H22FN3. The van der Waals surface area contributed by atoms with Crippen molar-refractivity contribution in [2.45, 2.75) is 26.3 Å². The smallest absolute Gasteiger partial charge is 0.144 e. The average molecular weight is 371 g/mol. The maximum absolute atomic E-state index is 14.7. The summed E-state index contributed by atoms with van der Waals surface area (Å²) in [6.45, 7) is 5.02. The molecule has 1 atom stereocenters. The van der Waals surface area contributed by atoms with E-state index in [0.29, 0.717) is 5.56 Å². The third kappa shape index (κ3) is 2.64. The summed E-state index contributed by atoms with van der Waals surface area (Å²) >= 11 is 0. The fourth-order valence-corrected chi connectivity index (χ4v) is 4.51. The molecule has 28 heavy (non-hydrogen) atoms. The Hall–Kier alpha value is -2.98. The topological polar surface area (TPSA) is 29.9 Å². The molecule has 1 N–H and O–H groups in total. The lowest BCUT2D eigenvalue weighted by Gasteiger charge is -2.28. The third-order valence-corrected chi connectivity index (χ3v) is 5.55. The van der Waals surface area contributed by atoms with Crippen LogP contribution in [0, 0.1) is 19.7 Å². The predicted molar refractivity (Wildman–Crippen MR) is 110 cm³/mol. The summed E-state index contributed by atoms with van der Waals surface area (Å²) in [7, 11) is 0. The summed E-state index contributed by atoms with van der Waals surface area (Å²) in [5.41, 5.74) is 7.44. The highest BCUT2D eigenvalue weighted by Crippen LogP contribution is 2.38. The van der Waals surface area contributed by atoms with Crippen molar-refractivity contribution in [1.29, 1.82) is 0 Å². The molecule has 2 aromatic heterocycles. The van der Waals surface area contributed by atoms with Crippen molar-refractivity contribution in [1.82, 2.24) is 14.9 Å². The Morgan fingerprint density at radius 1 is 1.04 bits per heavy atom. The SMILES string of the molecule is Cc1cc(C)cc(-n2c3c(c4cccnc42)CCNC3c2ccccc2F)c1. The monoisotopic (exact) mass is 371 g/mol. The zero-order valence-electron chi connectivity index (χ0n) is 16.0. The number of aryl methyl sites for hydroxylation is 2. The van der Waals surface area contributed by atoms with Gasteiger partial charge in [-0.25, -0.2) is 9.37 Å². The van der Waals surface area contributed by atoms with Gasteiger partial charge >= 0.3 is 0 Å². The molecule has 4 aromatic rings. The number of rotatable bonds is 2. The molecule has 0 bridgehead atoms. The van der Waals surface area contributed by atoms with Gasteiger partial charge in [-0.2, -0.15) is 0 Å². The van der Waals surface area contributed by atoms with Crippen LogP contribution in [-0.2, 0) is 6.42 Å². The molecule has 140 valence electrons. The second kappa shape index (κ2) is 6.57. The number of fused-ring (bicyclic) bond motifs is 3. The van der Waals surface area contributed by atoms with E-state index in [1.165, 1.54) is 22.8 Å². The molecule has 0 aliphatic carbocycles. The Bertz CT molecular complexity index is 1170. The minimum atomic E-state index is -0.208. The van der Waals surface area contributed by atoms with Gasteiger partial charge in [0.25, 0.3) is 0 Å². The number of nitrogens with one attached hydrogen (secondary N) is 1. The van der Waals surface area contributed by atoms with E-state index in [-0.39, 0.29) is 11.9 Å². The quantitative estimate of drug-likeness (QED) is 0.536. The van der Waals surface area contributed by atoms with Crippen molar-refractivity contribution in [3.05, 3.63) is 94.6 Å². The van der Waals surface area contributed by atoms with Crippen molar-refractivity contribution in [3.8, 4) is 5.69 Å². The van der Waals surface area contributed by atoms with Crippen LogP contribution in [0.25, 0.3) is 16.7 Å². The fourth-order valence-electron chi connectivity index (χ4n) is 4.51. The number of aromatic nitrogens is 2. The Morgan fingerprint density at radius 3 is 2.61 bits per heavy atom.